The molecule has 2 aliphatic heterocycles. The van der Waals surface area contributed by atoms with Crippen molar-refractivity contribution in [1.82, 2.24) is 15.5 Å². The average molecular weight is 512 g/mol. The van der Waals surface area contributed by atoms with Gasteiger partial charge < -0.3 is 29.7 Å². The van der Waals surface area contributed by atoms with Gasteiger partial charge in [0.2, 0.25) is 0 Å². The Kier molecular flexibility index (Phi) is 11.4. The lowest BCUT2D eigenvalue weighted by atomic mass is 10.1. The summed E-state index contributed by atoms with van der Waals surface area (Å²) in [5.74, 6) is 0.789. The first-order valence-corrected chi connectivity index (χ1v) is 10.1. The van der Waals surface area contributed by atoms with E-state index in [2.05, 4.69) is 15.6 Å². The van der Waals surface area contributed by atoms with Crippen molar-refractivity contribution in [3.05, 3.63) is 0 Å². The Morgan fingerprint density at radius 3 is 2.54 bits per heavy atom. The van der Waals surface area contributed by atoms with Crippen molar-refractivity contribution >= 4 is 36.0 Å². The second-order valence-electron chi connectivity index (χ2n) is 8.02. The van der Waals surface area contributed by atoms with Crippen molar-refractivity contribution < 1.29 is 19.0 Å². The van der Waals surface area contributed by atoms with E-state index >= 15 is 0 Å². The standard InChI is InChI=1S/C19H36N4O4.HI/c1-5-20-17(21-9-6-10-26-16-7-11-25-12-8-16)22-15-13-23(14-15)18(24)27-19(2,3)4;/h15-16H,5-14H2,1-4H3,(H2,20,21,22);1H. The van der Waals surface area contributed by atoms with Gasteiger partial charge in [-0.05, 0) is 47.0 Å². The molecule has 8 nitrogen and oxygen atoms in total. The number of amides is 1. The fourth-order valence-corrected chi connectivity index (χ4v) is 2.91. The van der Waals surface area contributed by atoms with Gasteiger partial charge in [-0.3, -0.25) is 4.99 Å². The third-order valence-electron chi connectivity index (χ3n) is 4.31. The van der Waals surface area contributed by atoms with Crippen LogP contribution in [0.4, 0.5) is 4.79 Å². The molecular formula is C19H37IN4O4. The second-order valence-corrected chi connectivity index (χ2v) is 8.02. The third kappa shape index (κ3) is 9.60. The summed E-state index contributed by atoms with van der Waals surface area (Å²) in [4.78, 5) is 18.3. The first-order chi connectivity index (χ1) is 12.9. The highest BCUT2D eigenvalue weighted by molar-refractivity contribution is 14.0. The molecule has 1 amide bonds. The lowest BCUT2D eigenvalue weighted by Crippen LogP contribution is -2.63. The van der Waals surface area contributed by atoms with E-state index in [1.54, 1.807) is 4.90 Å². The highest BCUT2D eigenvalue weighted by Crippen LogP contribution is 2.15. The van der Waals surface area contributed by atoms with Gasteiger partial charge in [0.1, 0.15) is 5.60 Å². The van der Waals surface area contributed by atoms with Crippen LogP contribution in [0, 0.1) is 0 Å². The van der Waals surface area contributed by atoms with Crippen LogP contribution in [0.15, 0.2) is 4.99 Å². The zero-order chi connectivity index (χ0) is 19.7. The Morgan fingerprint density at radius 2 is 1.93 bits per heavy atom. The van der Waals surface area contributed by atoms with E-state index in [1.165, 1.54) is 0 Å². The maximum absolute atomic E-state index is 12.0. The van der Waals surface area contributed by atoms with Gasteiger partial charge in [-0.2, -0.15) is 0 Å². The summed E-state index contributed by atoms with van der Waals surface area (Å²) in [6, 6.07) is 0.203. The number of likely N-dealkylation sites (tertiary alicyclic amines) is 1. The zero-order valence-electron chi connectivity index (χ0n) is 17.7. The molecule has 0 aromatic heterocycles. The monoisotopic (exact) mass is 512 g/mol. The van der Waals surface area contributed by atoms with Gasteiger partial charge in [0.15, 0.2) is 5.96 Å². The van der Waals surface area contributed by atoms with Gasteiger partial charge in [-0.15, -0.1) is 24.0 Å². The topological polar surface area (TPSA) is 84.4 Å². The fraction of sp³-hybridized carbons (Fsp3) is 0.895. The summed E-state index contributed by atoms with van der Waals surface area (Å²) in [5, 5.41) is 6.63. The Bertz CT molecular complexity index is 487. The molecule has 2 aliphatic rings. The molecule has 9 heteroatoms. The molecule has 2 N–H and O–H groups in total. The Labute approximate surface area is 186 Å². The first kappa shape index (κ1) is 25.2. The summed E-state index contributed by atoms with van der Waals surface area (Å²) in [6.07, 6.45) is 2.95. The summed E-state index contributed by atoms with van der Waals surface area (Å²) in [5.41, 5.74) is -0.460. The zero-order valence-corrected chi connectivity index (χ0v) is 20.0. The quantitative estimate of drug-likeness (QED) is 0.236. The van der Waals surface area contributed by atoms with E-state index in [0.29, 0.717) is 25.7 Å². The molecule has 0 aromatic rings. The second kappa shape index (κ2) is 12.7. The number of carbonyl (C=O) groups is 1. The molecule has 0 saturated carbocycles. The van der Waals surface area contributed by atoms with Crippen LogP contribution in [0.25, 0.3) is 0 Å². The number of hydrogen-bond acceptors (Lipinski definition) is 5. The highest BCUT2D eigenvalue weighted by atomic mass is 127. The predicted octanol–water partition coefficient (Wildman–Crippen LogP) is 2.36. The van der Waals surface area contributed by atoms with E-state index in [1.807, 2.05) is 27.7 Å². The van der Waals surface area contributed by atoms with E-state index in [0.717, 1.165) is 51.6 Å². The van der Waals surface area contributed by atoms with E-state index in [-0.39, 0.29) is 36.1 Å². The fourth-order valence-electron chi connectivity index (χ4n) is 2.91. The van der Waals surface area contributed by atoms with Crippen molar-refractivity contribution in [3.63, 3.8) is 0 Å². The number of rotatable bonds is 7. The van der Waals surface area contributed by atoms with Crippen LogP contribution in [0.1, 0.15) is 47.0 Å². The van der Waals surface area contributed by atoms with Crippen LogP contribution < -0.4 is 10.6 Å². The van der Waals surface area contributed by atoms with Crippen molar-refractivity contribution in [1.29, 1.82) is 0 Å². The molecule has 2 rings (SSSR count). The highest BCUT2D eigenvalue weighted by Gasteiger charge is 2.34. The van der Waals surface area contributed by atoms with Crippen LogP contribution in [0.2, 0.25) is 0 Å². The Hall–Kier alpha value is -0.810. The molecule has 0 unspecified atom stereocenters. The number of guanidine groups is 1. The molecule has 28 heavy (non-hydrogen) atoms. The van der Waals surface area contributed by atoms with E-state index in [4.69, 9.17) is 14.2 Å². The molecule has 0 spiro atoms. The lowest BCUT2D eigenvalue weighted by Gasteiger charge is -2.40. The number of nitrogens with zero attached hydrogens (tertiary/aromatic N) is 2. The van der Waals surface area contributed by atoms with Gasteiger partial charge in [-0.1, -0.05) is 0 Å². The van der Waals surface area contributed by atoms with Gasteiger partial charge in [0.05, 0.1) is 12.1 Å². The number of carbonyl (C=O) groups excluding carboxylic acids is 1. The Balaban J connectivity index is 0.00000392. The molecule has 0 radical (unpaired) electrons. The molecule has 0 atom stereocenters. The SMILES string of the molecule is CCNC(=NCCCOC1CCOCC1)NC1CN(C(=O)OC(C)(C)C)C1.I. The van der Waals surface area contributed by atoms with Gasteiger partial charge in [0.25, 0.3) is 0 Å². The minimum atomic E-state index is -0.460. The number of halogens is 1. The molecule has 2 fully saturated rings. The normalized spacial score (nSPS) is 18.9. The number of ether oxygens (including phenoxy) is 3. The van der Waals surface area contributed by atoms with Crippen molar-refractivity contribution in [2.45, 2.75) is 64.7 Å². The number of nitrogens with one attached hydrogen (secondary N) is 2. The first-order valence-electron chi connectivity index (χ1n) is 10.1. The summed E-state index contributed by atoms with van der Waals surface area (Å²) in [7, 11) is 0. The van der Waals surface area contributed by atoms with E-state index in [9.17, 15) is 4.79 Å². The van der Waals surface area contributed by atoms with Crippen LogP contribution in [-0.4, -0.2) is 80.7 Å². The third-order valence-corrected chi connectivity index (χ3v) is 4.31. The molecule has 2 heterocycles. The summed E-state index contributed by atoms with van der Waals surface area (Å²) >= 11 is 0. The molecular weight excluding hydrogens is 475 g/mol. The van der Waals surface area contributed by atoms with Gasteiger partial charge in [0, 0.05) is 46.0 Å². The van der Waals surface area contributed by atoms with Crippen molar-refractivity contribution in [2.24, 2.45) is 4.99 Å². The van der Waals surface area contributed by atoms with Crippen LogP contribution in [-0.2, 0) is 14.2 Å². The van der Waals surface area contributed by atoms with Gasteiger partial charge in [-0.25, -0.2) is 4.79 Å². The average Bonchev–Trinajstić information content (AvgIpc) is 2.56. The van der Waals surface area contributed by atoms with E-state index < -0.39 is 5.60 Å². The predicted molar refractivity (Wildman–Crippen MR) is 121 cm³/mol. The maximum atomic E-state index is 12.0. The number of hydrogen-bond donors (Lipinski definition) is 2. The van der Waals surface area contributed by atoms with Crippen molar-refractivity contribution in [2.75, 3.05) is 46.0 Å². The Morgan fingerprint density at radius 1 is 1.25 bits per heavy atom. The van der Waals surface area contributed by atoms with Crippen LogP contribution in [0.5, 0.6) is 0 Å². The molecule has 0 aromatic carbocycles. The minimum absolute atomic E-state index is 0. The van der Waals surface area contributed by atoms with Crippen LogP contribution >= 0.6 is 24.0 Å². The number of aliphatic imine (C=N–C) groups is 1. The lowest BCUT2D eigenvalue weighted by molar-refractivity contribution is -0.0318. The smallest absolute Gasteiger partial charge is 0.410 e. The largest absolute Gasteiger partial charge is 0.444 e. The molecule has 0 bridgehead atoms. The molecule has 2 saturated heterocycles. The molecule has 0 aliphatic carbocycles. The van der Waals surface area contributed by atoms with Gasteiger partial charge >= 0.3 is 6.09 Å². The van der Waals surface area contributed by atoms with Crippen LogP contribution in [0.3, 0.4) is 0 Å². The van der Waals surface area contributed by atoms with Crippen molar-refractivity contribution in [3.8, 4) is 0 Å². The summed E-state index contributed by atoms with van der Waals surface area (Å²) < 4.78 is 16.6. The summed E-state index contributed by atoms with van der Waals surface area (Å²) in [6.45, 7) is 12.8. The maximum Gasteiger partial charge on any atom is 0.410 e. The minimum Gasteiger partial charge on any atom is -0.444 e. The molecule has 164 valence electrons.